The Kier molecular flexibility index (Phi) is 5.40. The molecule has 0 aliphatic rings. The van der Waals surface area contributed by atoms with Crippen molar-refractivity contribution in [2.75, 3.05) is 13.7 Å². The fourth-order valence-corrected chi connectivity index (χ4v) is 2.57. The summed E-state index contributed by atoms with van der Waals surface area (Å²) in [5, 5.41) is 3.59. The summed E-state index contributed by atoms with van der Waals surface area (Å²) in [6, 6.07) is 15.4. The molecule has 2 nitrogen and oxygen atoms in total. The van der Waals surface area contributed by atoms with Crippen molar-refractivity contribution in [1.29, 1.82) is 0 Å². The predicted molar refractivity (Wildman–Crippen MR) is 89.0 cm³/mol. The van der Waals surface area contributed by atoms with Crippen molar-refractivity contribution in [3.8, 4) is 5.75 Å². The first kappa shape index (κ1) is 15.6. The van der Waals surface area contributed by atoms with Gasteiger partial charge in [0, 0.05) is 6.04 Å². The van der Waals surface area contributed by atoms with E-state index in [4.69, 9.17) is 4.74 Å². The van der Waals surface area contributed by atoms with Crippen molar-refractivity contribution >= 4 is 0 Å². The first-order valence-electron chi connectivity index (χ1n) is 7.57. The van der Waals surface area contributed by atoms with Crippen LogP contribution in [0.15, 0.2) is 42.5 Å². The molecule has 0 saturated heterocycles. The van der Waals surface area contributed by atoms with Crippen molar-refractivity contribution < 1.29 is 4.74 Å². The molecular weight excluding hydrogens is 258 g/mol. The van der Waals surface area contributed by atoms with Crippen molar-refractivity contribution in [2.45, 2.75) is 33.2 Å². The largest absolute Gasteiger partial charge is 0.497 e. The van der Waals surface area contributed by atoms with Crippen LogP contribution in [0.4, 0.5) is 0 Å². The Balaban J connectivity index is 2.23. The number of methoxy groups -OCH3 is 1. The molecule has 2 aromatic rings. The van der Waals surface area contributed by atoms with Crippen molar-refractivity contribution in [3.05, 3.63) is 64.7 Å². The number of ether oxygens (including phenoxy) is 1. The lowest BCUT2D eigenvalue weighted by Gasteiger charge is -2.20. The molecule has 0 aliphatic heterocycles. The van der Waals surface area contributed by atoms with E-state index in [1.165, 1.54) is 22.3 Å². The summed E-state index contributed by atoms with van der Waals surface area (Å²) in [5.41, 5.74) is 5.33. The molecule has 0 amide bonds. The molecule has 112 valence electrons. The normalized spacial score (nSPS) is 12.2. The van der Waals surface area contributed by atoms with Gasteiger partial charge in [0.15, 0.2) is 0 Å². The van der Waals surface area contributed by atoms with E-state index < -0.39 is 0 Å². The highest BCUT2D eigenvalue weighted by molar-refractivity contribution is 5.34. The molecule has 21 heavy (non-hydrogen) atoms. The molecule has 1 N–H and O–H groups in total. The summed E-state index contributed by atoms with van der Waals surface area (Å²) in [7, 11) is 1.71. The number of likely N-dealkylation sites (N-methyl/N-ethyl adjacent to an activating group) is 1. The number of benzene rings is 2. The molecule has 0 heterocycles. The lowest BCUT2D eigenvalue weighted by atomic mass is 9.96. The van der Waals surface area contributed by atoms with Crippen LogP contribution in [0.3, 0.4) is 0 Å². The highest BCUT2D eigenvalue weighted by Gasteiger charge is 2.12. The quantitative estimate of drug-likeness (QED) is 0.857. The summed E-state index contributed by atoms with van der Waals surface area (Å²) in [5.74, 6) is 0.919. The van der Waals surface area contributed by atoms with E-state index in [2.05, 4.69) is 62.5 Å². The Labute approximate surface area is 128 Å². The van der Waals surface area contributed by atoms with E-state index in [0.717, 1.165) is 18.7 Å². The Hall–Kier alpha value is -1.80. The van der Waals surface area contributed by atoms with Gasteiger partial charge >= 0.3 is 0 Å². The summed E-state index contributed by atoms with van der Waals surface area (Å²) in [6.45, 7) is 7.44. The van der Waals surface area contributed by atoms with Gasteiger partial charge in [-0.15, -0.1) is 0 Å². The summed E-state index contributed by atoms with van der Waals surface area (Å²) >= 11 is 0. The Morgan fingerprint density at radius 3 is 2.52 bits per heavy atom. The maximum absolute atomic E-state index is 5.32. The molecule has 1 unspecified atom stereocenters. The molecule has 0 bridgehead atoms. The van der Waals surface area contributed by atoms with Crippen molar-refractivity contribution in [2.24, 2.45) is 0 Å². The predicted octanol–water partition coefficient (Wildman–Crippen LogP) is 4.21. The highest BCUT2D eigenvalue weighted by atomic mass is 16.5. The van der Waals surface area contributed by atoms with Crippen LogP contribution in [0.5, 0.6) is 5.75 Å². The highest BCUT2D eigenvalue weighted by Crippen LogP contribution is 2.23. The third-order valence-corrected chi connectivity index (χ3v) is 3.96. The smallest absolute Gasteiger partial charge is 0.119 e. The number of aryl methyl sites for hydroxylation is 2. The topological polar surface area (TPSA) is 21.3 Å². The van der Waals surface area contributed by atoms with Gasteiger partial charge in [0.25, 0.3) is 0 Å². The minimum Gasteiger partial charge on any atom is -0.497 e. The van der Waals surface area contributed by atoms with Crippen LogP contribution >= 0.6 is 0 Å². The van der Waals surface area contributed by atoms with Gasteiger partial charge in [-0.2, -0.15) is 0 Å². The third kappa shape index (κ3) is 4.08. The molecule has 2 aromatic carbocycles. The van der Waals surface area contributed by atoms with Crippen LogP contribution in [0, 0.1) is 13.8 Å². The van der Waals surface area contributed by atoms with Gasteiger partial charge in [-0.25, -0.2) is 0 Å². The van der Waals surface area contributed by atoms with Crippen LogP contribution in [-0.4, -0.2) is 13.7 Å². The Bertz CT molecular complexity index is 592. The zero-order valence-corrected chi connectivity index (χ0v) is 13.4. The van der Waals surface area contributed by atoms with Crippen molar-refractivity contribution in [1.82, 2.24) is 5.32 Å². The van der Waals surface area contributed by atoms with E-state index in [-0.39, 0.29) is 0 Å². The molecule has 0 radical (unpaired) electrons. The molecule has 0 saturated carbocycles. The van der Waals surface area contributed by atoms with Crippen molar-refractivity contribution in [3.63, 3.8) is 0 Å². The summed E-state index contributed by atoms with van der Waals surface area (Å²) in [6.07, 6.45) is 0.966. The molecule has 0 aliphatic carbocycles. The van der Waals surface area contributed by atoms with Gasteiger partial charge in [0.2, 0.25) is 0 Å². The molecule has 0 spiro atoms. The lowest BCUT2D eigenvalue weighted by Crippen LogP contribution is -2.23. The molecule has 2 rings (SSSR count). The number of hydrogen-bond donors (Lipinski definition) is 1. The van der Waals surface area contributed by atoms with E-state index in [1.54, 1.807) is 7.11 Å². The minimum absolute atomic E-state index is 0.335. The summed E-state index contributed by atoms with van der Waals surface area (Å²) < 4.78 is 5.32. The molecule has 0 aromatic heterocycles. The van der Waals surface area contributed by atoms with Gasteiger partial charge in [-0.1, -0.05) is 37.3 Å². The maximum Gasteiger partial charge on any atom is 0.119 e. The fourth-order valence-electron chi connectivity index (χ4n) is 2.57. The first-order valence-corrected chi connectivity index (χ1v) is 7.57. The second kappa shape index (κ2) is 7.28. The second-order valence-electron chi connectivity index (χ2n) is 5.51. The third-order valence-electron chi connectivity index (χ3n) is 3.96. The zero-order chi connectivity index (χ0) is 15.2. The van der Waals surface area contributed by atoms with Gasteiger partial charge in [-0.05, 0) is 61.2 Å². The van der Waals surface area contributed by atoms with Crippen LogP contribution < -0.4 is 10.1 Å². The molecule has 0 fully saturated rings. The van der Waals surface area contributed by atoms with E-state index in [9.17, 15) is 0 Å². The van der Waals surface area contributed by atoms with Gasteiger partial charge < -0.3 is 10.1 Å². The molecule has 1 atom stereocenters. The lowest BCUT2D eigenvalue weighted by molar-refractivity contribution is 0.414. The minimum atomic E-state index is 0.335. The Morgan fingerprint density at radius 2 is 1.86 bits per heavy atom. The Morgan fingerprint density at radius 1 is 1.05 bits per heavy atom. The molecule has 2 heteroatoms. The van der Waals surface area contributed by atoms with Crippen LogP contribution in [0.1, 0.15) is 35.2 Å². The maximum atomic E-state index is 5.32. The second-order valence-corrected chi connectivity index (χ2v) is 5.51. The van der Waals surface area contributed by atoms with Crippen LogP contribution in [-0.2, 0) is 6.42 Å². The van der Waals surface area contributed by atoms with Crippen LogP contribution in [0.25, 0.3) is 0 Å². The van der Waals surface area contributed by atoms with Gasteiger partial charge in [0.1, 0.15) is 5.75 Å². The molecular formula is C19H25NO. The standard InChI is InChI=1S/C19H25NO/c1-5-20-19(17-10-9-14(2)15(3)11-17)13-16-7-6-8-18(12-16)21-4/h6-12,19-20H,5,13H2,1-4H3. The number of nitrogens with one attached hydrogen (secondary N) is 1. The fraction of sp³-hybridized carbons (Fsp3) is 0.368. The van der Waals surface area contributed by atoms with Crippen LogP contribution in [0.2, 0.25) is 0 Å². The number of hydrogen-bond acceptors (Lipinski definition) is 2. The zero-order valence-electron chi connectivity index (χ0n) is 13.4. The first-order chi connectivity index (χ1) is 10.1. The van der Waals surface area contributed by atoms with E-state index >= 15 is 0 Å². The number of rotatable bonds is 6. The average molecular weight is 283 g/mol. The van der Waals surface area contributed by atoms with Gasteiger partial charge in [0.05, 0.1) is 7.11 Å². The monoisotopic (exact) mass is 283 g/mol. The summed E-state index contributed by atoms with van der Waals surface area (Å²) in [4.78, 5) is 0. The van der Waals surface area contributed by atoms with Gasteiger partial charge in [-0.3, -0.25) is 0 Å². The van der Waals surface area contributed by atoms with E-state index in [1.807, 2.05) is 6.07 Å². The SMILES string of the molecule is CCNC(Cc1cccc(OC)c1)c1ccc(C)c(C)c1. The average Bonchev–Trinajstić information content (AvgIpc) is 2.50. The van der Waals surface area contributed by atoms with E-state index in [0.29, 0.717) is 6.04 Å².